The summed E-state index contributed by atoms with van der Waals surface area (Å²) < 4.78 is 5.07. The molecule has 0 radical (unpaired) electrons. The highest BCUT2D eigenvalue weighted by Gasteiger charge is 2.11. The first-order valence-electron chi connectivity index (χ1n) is 6.28. The Morgan fingerprint density at radius 2 is 2.21 bits per heavy atom. The number of ether oxygens (including phenoxy) is 1. The van der Waals surface area contributed by atoms with E-state index < -0.39 is 0 Å². The van der Waals surface area contributed by atoms with Gasteiger partial charge in [0.15, 0.2) is 5.78 Å². The molecule has 1 rings (SSSR count). The van der Waals surface area contributed by atoms with Crippen molar-refractivity contribution in [2.75, 3.05) is 40.8 Å². The minimum absolute atomic E-state index is 0.0662. The maximum absolute atomic E-state index is 12.1. The second kappa shape index (κ2) is 8.15. The number of nitrogens with one attached hydrogen (secondary N) is 1. The summed E-state index contributed by atoms with van der Waals surface area (Å²) >= 11 is 6.01. The van der Waals surface area contributed by atoms with E-state index in [-0.39, 0.29) is 5.78 Å². The van der Waals surface area contributed by atoms with Crippen molar-refractivity contribution < 1.29 is 9.53 Å². The highest BCUT2D eigenvalue weighted by Crippen LogP contribution is 2.25. The lowest BCUT2D eigenvalue weighted by Crippen LogP contribution is -2.28. The number of Topliss-reactive ketones (excluding diaryl/α,β-unsaturated/α-hetero) is 1. The van der Waals surface area contributed by atoms with Crippen LogP contribution in [-0.4, -0.2) is 51.5 Å². The van der Waals surface area contributed by atoms with Crippen molar-refractivity contribution in [1.29, 1.82) is 0 Å². The van der Waals surface area contributed by atoms with Crippen LogP contribution < -0.4 is 10.1 Å². The van der Waals surface area contributed by atoms with E-state index >= 15 is 0 Å². The maximum Gasteiger partial charge on any atom is 0.176 e. The van der Waals surface area contributed by atoms with Gasteiger partial charge in [0.1, 0.15) is 5.75 Å². The fraction of sp³-hybridized carbons (Fsp3) is 0.500. The van der Waals surface area contributed by atoms with Crippen molar-refractivity contribution in [1.82, 2.24) is 10.2 Å². The highest BCUT2D eigenvalue weighted by molar-refractivity contribution is 6.32. The average Bonchev–Trinajstić information content (AvgIpc) is 2.38. The van der Waals surface area contributed by atoms with Gasteiger partial charge in [0.2, 0.25) is 0 Å². The lowest BCUT2D eigenvalue weighted by molar-refractivity contribution is 0.0946. The Balaban J connectivity index is 2.55. The molecule has 0 fully saturated rings. The molecular formula is C14H21ClN2O2. The monoisotopic (exact) mass is 284 g/mol. The highest BCUT2D eigenvalue weighted by atomic mass is 35.5. The molecule has 0 aliphatic carbocycles. The average molecular weight is 285 g/mol. The van der Waals surface area contributed by atoms with Crippen molar-refractivity contribution in [2.24, 2.45) is 0 Å². The van der Waals surface area contributed by atoms with Crippen LogP contribution in [0.4, 0.5) is 0 Å². The number of rotatable bonds is 8. The normalized spacial score (nSPS) is 10.8. The van der Waals surface area contributed by atoms with Gasteiger partial charge >= 0.3 is 0 Å². The number of halogens is 1. The first-order valence-corrected chi connectivity index (χ1v) is 6.66. The summed E-state index contributed by atoms with van der Waals surface area (Å²) in [5.74, 6) is 0.650. The van der Waals surface area contributed by atoms with Crippen LogP contribution in [0, 0.1) is 0 Å². The third-order valence-corrected chi connectivity index (χ3v) is 3.15. The summed E-state index contributed by atoms with van der Waals surface area (Å²) in [5, 5.41) is 3.55. The molecule has 0 spiro atoms. The van der Waals surface area contributed by atoms with Gasteiger partial charge in [-0.05, 0) is 51.8 Å². The van der Waals surface area contributed by atoms with Crippen LogP contribution in [0.2, 0.25) is 5.02 Å². The summed E-state index contributed by atoms with van der Waals surface area (Å²) in [5.41, 5.74) is 0.617. The van der Waals surface area contributed by atoms with E-state index in [1.165, 1.54) is 0 Å². The molecule has 1 aromatic rings. The van der Waals surface area contributed by atoms with Crippen LogP contribution in [0.25, 0.3) is 0 Å². The van der Waals surface area contributed by atoms with E-state index in [1.807, 2.05) is 19.0 Å². The number of likely N-dealkylation sites (N-methyl/N-ethyl adjacent to an activating group) is 1. The minimum Gasteiger partial charge on any atom is -0.495 e. The smallest absolute Gasteiger partial charge is 0.176 e. The Kier molecular flexibility index (Phi) is 6.84. The zero-order chi connectivity index (χ0) is 14.3. The fourth-order valence-corrected chi connectivity index (χ4v) is 2.04. The largest absolute Gasteiger partial charge is 0.495 e. The van der Waals surface area contributed by atoms with Crippen LogP contribution in [0.3, 0.4) is 0 Å². The molecule has 0 saturated heterocycles. The number of hydrogen-bond acceptors (Lipinski definition) is 4. The molecule has 1 aromatic carbocycles. The molecule has 106 valence electrons. The van der Waals surface area contributed by atoms with Gasteiger partial charge in [0.05, 0.1) is 18.7 Å². The second-order valence-corrected chi connectivity index (χ2v) is 4.87. The van der Waals surface area contributed by atoms with Crippen molar-refractivity contribution >= 4 is 17.4 Å². The molecule has 0 heterocycles. The molecule has 0 aliphatic rings. The van der Waals surface area contributed by atoms with Gasteiger partial charge in [0.25, 0.3) is 0 Å². The Hall–Kier alpha value is -1.10. The van der Waals surface area contributed by atoms with E-state index in [1.54, 1.807) is 25.3 Å². The summed E-state index contributed by atoms with van der Waals surface area (Å²) in [4.78, 5) is 14.1. The number of ketones is 1. The summed E-state index contributed by atoms with van der Waals surface area (Å²) in [7, 11) is 5.42. The van der Waals surface area contributed by atoms with Gasteiger partial charge in [-0.15, -0.1) is 0 Å². The van der Waals surface area contributed by atoms with Gasteiger partial charge < -0.3 is 10.1 Å². The van der Waals surface area contributed by atoms with Gasteiger partial charge in [-0.3, -0.25) is 9.69 Å². The molecule has 19 heavy (non-hydrogen) atoms. The lowest BCUT2D eigenvalue weighted by atomic mass is 10.1. The van der Waals surface area contributed by atoms with Gasteiger partial charge in [-0.25, -0.2) is 0 Å². The van der Waals surface area contributed by atoms with Crippen LogP contribution in [0.1, 0.15) is 16.8 Å². The zero-order valence-electron chi connectivity index (χ0n) is 11.7. The van der Waals surface area contributed by atoms with E-state index in [2.05, 4.69) is 5.32 Å². The summed E-state index contributed by atoms with van der Waals surface area (Å²) in [6, 6.07) is 5.12. The van der Waals surface area contributed by atoms with E-state index in [0.717, 1.165) is 19.5 Å². The third kappa shape index (κ3) is 5.19. The first-order chi connectivity index (χ1) is 9.08. The number of hydrogen-bond donors (Lipinski definition) is 1. The number of benzene rings is 1. The van der Waals surface area contributed by atoms with Crippen LogP contribution in [0.5, 0.6) is 5.75 Å². The zero-order valence-corrected chi connectivity index (χ0v) is 12.5. The predicted octanol–water partition coefficient (Wildman–Crippen LogP) is 2.07. The van der Waals surface area contributed by atoms with Crippen LogP contribution in [0.15, 0.2) is 18.2 Å². The Labute approximate surface area is 119 Å². The van der Waals surface area contributed by atoms with E-state index in [9.17, 15) is 4.79 Å². The van der Waals surface area contributed by atoms with Crippen molar-refractivity contribution in [3.05, 3.63) is 28.8 Å². The molecular weight excluding hydrogens is 264 g/mol. The molecule has 4 nitrogen and oxygen atoms in total. The van der Waals surface area contributed by atoms with E-state index in [4.69, 9.17) is 16.3 Å². The topological polar surface area (TPSA) is 41.6 Å². The number of methoxy groups -OCH3 is 1. The quantitative estimate of drug-likeness (QED) is 0.586. The van der Waals surface area contributed by atoms with Gasteiger partial charge in [-0.2, -0.15) is 0 Å². The number of nitrogens with zero attached hydrogens (tertiary/aromatic N) is 1. The Morgan fingerprint density at radius 3 is 2.79 bits per heavy atom. The van der Waals surface area contributed by atoms with Crippen molar-refractivity contribution in [2.45, 2.75) is 6.42 Å². The molecule has 0 saturated carbocycles. The molecule has 0 atom stereocenters. The lowest BCUT2D eigenvalue weighted by Gasteiger charge is -2.15. The minimum atomic E-state index is 0.0662. The Bertz CT molecular complexity index is 424. The van der Waals surface area contributed by atoms with Crippen molar-refractivity contribution in [3.8, 4) is 5.75 Å². The Morgan fingerprint density at radius 1 is 1.47 bits per heavy atom. The van der Waals surface area contributed by atoms with Gasteiger partial charge in [0, 0.05) is 5.56 Å². The van der Waals surface area contributed by atoms with Crippen LogP contribution >= 0.6 is 11.6 Å². The summed E-state index contributed by atoms with van der Waals surface area (Å²) in [6.45, 7) is 2.23. The second-order valence-electron chi connectivity index (χ2n) is 4.47. The van der Waals surface area contributed by atoms with Crippen LogP contribution in [-0.2, 0) is 0 Å². The molecule has 0 amide bonds. The first kappa shape index (κ1) is 16.0. The summed E-state index contributed by atoms with van der Waals surface area (Å²) in [6.07, 6.45) is 1.02. The van der Waals surface area contributed by atoms with Crippen molar-refractivity contribution in [3.63, 3.8) is 0 Å². The number of carbonyl (C=O) groups is 1. The SMILES string of the molecule is CNCCCN(C)CC(=O)c1ccc(OC)c(Cl)c1. The molecule has 0 bridgehead atoms. The molecule has 1 N–H and O–H groups in total. The number of carbonyl (C=O) groups excluding carboxylic acids is 1. The predicted molar refractivity (Wildman–Crippen MR) is 78.4 cm³/mol. The molecule has 5 heteroatoms. The van der Waals surface area contributed by atoms with E-state index in [0.29, 0.717) is 22.9 Å². The molecule has 0 unspecified atom stereocenters. The third-order valence-electron chi connectivity index (χ3n) is 2.85. The molecule has 0 aromatic heterocycles. The standard InChI is InChI=1S/C14H21ClN2O2/c1-16-7-4-8-17(2)10-13(18)11-5-6-14(19-3)12(15)9-11/h5-6,9,16H,4,7-8,10H2,1-3H3. The molecule has 0 aliphatic heterocycles. The van der Waals surface area contributed by atoms with Gasteiger partial charge in [-0.1, -0.05) is 11.6 Å². The fourth-order valence-electron chi connectivity index (χ4n) is 1.78. The maximum atomic E-state index is 12.1.